The summed E-state index contributed by atoms with van der Waals surface area (Å²) in [5.74, 6) is 2.11. The Balaban J connectivity index is 1.66. The number of aromatic amines is 1. The van der Waals surface area contributed by atoms with Gasteiger partial charge in [-0.25, -0.2) is 4.68 Å². The van der Waals surface area contributed by atoms with E-state index < -0.39 is 6.04 Å². The van der Waals surface area contributed by atoms with E-state index >= 15 is 0 Å². The summed E-state index contributed by atoms with van der Waals surface area (Å²) in [4.78, 5) is 19.1. The molecule has 208 valence electrons. The normalized spacial score (nSPS) is 12.3. The van der Waals surface area contributed by atoms with E-state index in [1.165, 1.54) is 0 Å². The highest BCUT2D eigenvalue weighted by Crippen LogP contribution is 2.31. The number of tetrazole rings is 1. The van der Waals surface area contributed by atoms with Gasteiger partial charge in [0.25, 0.3) is 5.56 Å². The largest absolute Gasteiger partial charge is 0.494 e. The van der Waals surface area contributed by atoms with Crippen LogP contribution in [0.25, 0.3) is 10.9 Å². The lowest BCUT2D eigenvalue weighted by atomic mass is 10.00. The number of methoxy groups -OCH3 is 1. The molecule has 40 heavy (non-hydrogen) atoms. The molecule has 0 saturated heterocycles. The number of benzene rings is 2. The van der Waals surface area contributed by atoms with Crippen molar-refractivity contribution in [1.29, 1.82) is 0 Å². The zero-order valence-electron chi connectivity index (χ0n) is 23.3. The predicted molar refractivity (Wildman–Crippen MR) is 151 cm³/mol. The number of nitrogens with zero attached hydrogens (tertiary/aromatic N) is 5. The quantitative estimate of drug-likeness (QED) is 0.244. The van der Waals surface area contributed by atoms with Crippen LogP contribution < -0.4 is 10.3 Å². The van der Waals surface area contributed by atoms with Crippen molar-refractivity contribution >= 4 is 10.9 Å². The monoisotopic (exact) mass is 542 g/mol. The van der Waals surface area contributed by atoms with Gasteiger partial charge in [0.1, 0.15) is 17.6 Å². The fourth-order valence-corrected chi connectivity index (χ4v) is 5.08. The van der Waals surface area contributed by atoms with Crippen molar-refractivity contribution in [1.82, 2.24) is 30.1 Å². The molecular weight excluding hydrogens is 508 g/mol. The number of hydrogen-bond acceptors (Lipinski definition) is 8. The SMILES string of the molecule is CCOc1ccc(CN(Cc2ccco2)C(c2cc3cc(C)cc(C)c3[nH]c2=O)c2nnnn2CCOC)cc1. The van der Waals surface area contributed by atoms with Gasteiger partial charge in [0.05, 0.1) is 38.1 Å². The molecule has 0 aliphatic carbocycles. The maximum Gasteiger partial charge on any atom is 0.253 e. The van der Waals surface area contributed by atoms with Gasteiger partial charge in [-0.1, -0.05) is 23.8 Å². The minimum Gasteiger partial charge on any atom is -0.494 e. The molecule has 10 heteroatoms. The van der Waals surface area contributed by atoms with E-state index in [4.69, 9.17) is 13.9 Å². The van der Waals surface area contributed by atoms with E-state index in [0.717, 1.165) is 39.1 Å². The average molecular weight is 543 g/mol. The lowest BCUT2D eigenvalue weighted by molar-refractivity contribution is 0.163. The van der Waals surface area contributed by atoms with Gasteiger partial charge in [-0.3, -0.25) is 9.69 Å². The molecule has 0 aliphatic heterocycles. The summed E-state index contributed by atoms with van der Waals surface area (Å²) in [6, 6.07) is 17.3. The molecule has 0 fully saturated rings. The van der Waals surface area contributed by atoms with Crippen molar-refractivity contribution in [3.8, 4) is 5.75 Å². The molecule has 0 amide bonds. The Labute approximate surface area is 232 Å². The molecule has 0 saturated carbocycles. The number of fused-ring (bicyclic) bond motifs is 1. The van der Waals surface area contributed by atoms with E-state index in [2.05, 4.69) is 44.5 Å². The second-order valence-electron chi connectivity index (χ2n) is 9.82. The van der Waals surface area contributed by atoms with Crippen LogP contribution in [0.1, 0.15) is 46.8 Å². The molecule has 5 rings (SSSR count). The molecule has 0 radical (unpaired) electrons. The predicted octanol–water partition coefficient (Wildman–Crippen LogP) is 4.56. The standard InChI is InChI=1S/C30H34N6O4/c1-5-39-24-10-8-22(9-11-24)18-35(19-25-7-6-13-40-25)28(29-32-33-34-36(29)12-14-38-4)26-17-23-16-20(2)15-21(3)27(23)31-30(26)37/h6-11,13,15-17,28H,5,12,14,18-19H2,1-4H3,(H,31,37). The Bertz CT molecular complexity index is 1610. The van der Waals surface area contributed by atoms with E-state index in [1.54, 1.807) is 18.1 Å². The molecule has 1 N–H and O–H groups in total. The van der Waals surface area contributed by atoms with Crippen LogP contribution in [0.15, 0.2) is 70.1 Å². The number of H-pyrrole nitrogens is 1. The molecule has 10 nitrogen and oxygen atoms in total. The smallest absolute Gasteiger partial charge is 0.253 e. The molecule has 0 spiro atoms. The molecule has 0 aliphatic rings. The lowest BCUT2D eigenvalue weighted by Crippen LogP contribution is -2.35. The number of pyridine rings is 1. The van der Waals surface area contributed by atoms with Gasteiger partial charge in [-0.2, -0.15) is 0 Å². The Hall–Kier alpha value is -4.28. The minimum absolute atomic E-state index is 0.193. The second kappa shape index (κ2) is 12.3. The first-order valence-corrected chi connectivity index (χ1v) is 13.3. The van der Waals surface area contributed by atoms with Gasteiger partial charge in [0, 0.05) is 19.2 Å². The fraction of sp³-hybridized carbons (Fsp3) is 0.333. The number of ether oxygens (including phenoxy) is 2. The van der Waals surface area contributed by atoms with Crippen LogP contribution in [0.2, 0.25) is 0 Å². The summed E-state index contributed by atoms with van der Waals surface area (Å²) in [5.41, 5.74) is 4.35. The highest BCUT2D eigenvalue weighted by atomic mass is 16.5. The van der Waals surface area contributed by atoms with Crippen molar-refractivity contribution < 1.29 is 13.9 Å². The van der Waals surface area contributed by atoms with Crippen LogP contribution in [0.5, 0.6) is 5.75 Å². The average Bonchev–Trinajstić information content (AvgIpc) is 3.62. The Kier molecular flexibility index (Phi) is 8.37. The second-order valence-corrected chi connectivity index (χ2v) is 9.82. The maximum atomic E-state index is 13.8. The van der Waals surface area contributed by atoms with E-state index in [1.807, 2.05) is 56.3 Å². The first-order valence-electron chi connectivity index (χ1n) is 13.3. The first kappa shape index (κ1) is 27.3. The summed E-state index contributed by atoms with van der Waals surface area (Å²) in [6.07, 6.45) is 1.65. The molecule has 5 aromatic rings. The third-order valence-electron chi connectivity index (χ3n) is 6.85. The third-order valence-corrected chi connectivity index (χ3v) is 6.85. The van der Waals surface area contributed by atoms with Gasteiger partial charge in [0.2, 0.25) is 0 Å². The van der Waals surface area contributed by atoms with Gasteiger partial charge < -0.3 is 18.9 Å². The van der Waals surface area contributed by atoms with Crippen LogP contribution in [0.3, 0.4) is 0 Å². The van der Waals surface area contributed by atoms with Crippen molar-refractivity contribution in [3.05, 3.63) is 105 Å². The summed E-state index contributed by atoms with van der Waals surface area (Å²) < 4.78 is 18.4. The molecule has 1 unspecified atom stereocenters. The highest BCUT2D eigenvalue weighted by Gasteiger charge is 2.31. The highest BCUT2D eigenvalue weighted by molar-refractivity contribution is 5.83. The van der Waals surface area contributed by atoms with Crippen LogP contribution in [-0.2, 0) is 24.4 Å². The summed E-state index contributed by atoms with van der Waals surface area (Å²) in [7, 11) is 1.63. The summed E-state index contributed by atoms with van der Waals surface area (Å²) in [6.45, 7) is 8.40. The molecule has 1 atom stereocenters. The van der Waals surface area contributed by atoms with Crippen molar-refractivity contribution in [3.63, 3.8) is 0 Å². The van der Waals surface area contributed by atoms with Crippen molar-refractivity contribution in [2.45, 2.75) is 46.4 Å². The van der Waals surface area contributed by atoms with E-state index in [9.17, 15) is 4.79 Å². The number of aryl methyl sites for hydroxylation is 2. The number of nitrogens with one attached hydrogen (secondary N) is 1. The number of furan rings is 1. The zero-order chi connectivity index (χ0) is 28.1. The fourth-order valence-electron chi connectivity index (χ4n) is 5.08. The zero-order valence-corrected chi connectivity index (χ0v) is 23.3. The number of hydrogen-bond donors (Lipinski definition) is 1. The van der Waals surface area contributed by atoms with Gasteiger partial charge in [-0.05, 0) is 84.1 Å². The molecule has 3 heterocycles. The number of rotatable bonds is 12. The van der Waals surface area contributed by atoms with E-state index in [-0.39, 0.29) is 5.56 Å². The van der Waals surface area contributed by atoms with Crippen LogP contribution in [-0.4, -0.2) is 50.4 Å². The van der Waals surface area contributed by atoms with Crippen molar-refractivity contribution in [2.75, 3.05) is 20.3 Å². The third kappa shape index (κ3) is 5.98. The van der Waals surface area contributed by atoms with Gasteiger partial charge >= 0.3 is 0 Å². The molecule has 2 aromatic carbocycles. The van der Waals surface area contributed by atoms with Crippen LogP contribution >= 0.6 is 0 Å². The van der Waals surface area contributed by atoms with E-state index in [0.29, 0.717) is 44.2 Å². The van der Waals surface area contributed by atoms with Crippen LogP contribution in [0, 0.1) is 13.8 Å². The number of aromatic nitrogens is 5. The Morgan fingerprint density at radius 1 is 1.10 bits per heavy atom. The van der Waals surface area contributed by atoms with Crippen molar-refractivity contribution in [2.24, 2.45) is 0 Å². The summed E-state index contributed by atoms with van der Waals surface area (Å²) >= 11 is 0. The topological polar surface area (TPSA) is 111 Å². The Morgan fingerprint density at radius 2 is 1.93 bits per heavy atom. The van der Waals surface area contributed by atoms with Gasteiger partial charge in [-0.15, -0.1) is 5.10 Å². The van der Waals surface area contributed by atoms with Gasteiger partial charge in [0.15, 0.2) is 5.82 Å². The van der Waals surface area contributed by atoms with Crippen LogP contribution in [0.4, 0.5) is 0 Å². The first-order chi connectivity index (χ1) is 19.5. The molecular formula is C30H34N6O4. The molecule has 3 aromatic heterocycles. The maximum absolute atomic E-state index is 13.8. The summed E-state index contributed by atoms with van der Waals surface area (Å²) in [5, 5.41) is 13.6. The lowest BCUT2D eigenvalue weighted by Gasteiger charge is -2.30. The Morgan fingerprint density at radius 3 is 2.65 bits per heavy atom. The molecule has 0 bridgehead atoms. The minimum atomic E-state index is -0.586.